The van der Waals surface area contributed by atoms with Crippen LogP contribution in [0.1, 0.15) is 29.6 Å². The molecule has 0 bridgehead atoms. The van der Waals surface area contributed by atoms with E-state index in [1.54, 1.807) is 24.3 Å². The molecule has 0 N–H and O–H groups in total. The van der Waals surface area contributed by atoms with E-state index in [-0.39, 0.29) is 18.4 Å². The molecule has 0 saturated heterocycles. The SMILES string of the molecule is COc1ccc(-n2c(=O)c(C(=O)C3C(=O)CCCC3=O)cc3cccnc32)cn1. The first-order valence-corrected chi connectivity index (χ1v) is 9.12. The Balaban J connectivity index is 1.93. The lowest BCUT2D eigenvalue weighted by molar-refractivity contribution is -0.133. The summed E-state index contributed by atoms with van der Waals surface area (Å²) in [7, 11) is 1.47. The maximum absolute atomic E-state index is 13.3. The van der Waals surface area contributed by atoms with Crippen LogP contribution in [0.5, 0.6) is 5.88 Å². The van der Waals surface area contributed by atoms with Gasteiger partial charge in [-0.3, -0.25) is 23.7 Å². The molecule has 1 aliphatic rings. The van der Waals surface area contributed by atoms with Crippen LogP contribution in [0.25, 0.3) is 16.7 Å². The van der Waals surface area contributed by atoms with Crippen molar-refractivity contribution in [1.82, 2.24) is 14.5 Å². The molecule has 0 unspecified atom stereocenters. The molecule has 0 atom stereocenters. The summed E-state index contributed by atoms with van der Waals surface area (Å²) in [5.74, 6) is -2.67. The number of aromatic nitrogens is 3. The van der Waals surface area contributed by atoms with Crippen molar-refractivity contribution in [3.8, 4) is 11.6 Å². The van der Waals surface area contributed by atoms with Crippen molar-refractivity contribution >= 4 is 28.4 Å². The van der Waals surface area contributed by atoms with Gasteiger partial charge in [0.15, 0.2) is 17.3 Å². The molecule has 29 heavy (non-hydrogen) atoms. The molecule has 146 valence electrons. The van der Waals surface area contributed by atoms with E-state index in [2.05, 4.69) is 9.97 Å². The highest BCUT2D eigenvalue weighted by Gasteiger charge is 2.38. The van der Waals surface area contributed by atoms with Gasteiger partial charge >= 0.3 is 0 Å². The molecule has 0 amide bonds. The van der Waals surface area contributed by atoms with Gasteiger partial charge in [0, 0.05) is 30.5 Å². The number of carbonyl (C=O) groups excluding carboxylic acids is 3. The van der Waals surface area contributed by atoms with Crippen LogP contribution in [0.3, 0.4) is 0 Å². The van der Waals surface area contributed by atoms with Crippen LogP contribution in [0.15, 0.2) is 47.5 Å². The summed E-state index contributed by atoms with van der Waals surface area (Å²) in [6.07, 6.45) is 3.72. The number of ether oxygens (including phenoxy) is 1. The predicted molar refractivity (Wildman–Crippen MR) is 103 cm³/mol. The van der Waals surface area contributed by atoms with Crippen molar-refractivity contribution in [2.45, 2.75) is 19.3 Å². The highest BCUT2D eigenvalue weighted by atomic mass is 16.5. The fourth-order valence-corrected chi connectivity index (χ4v) is 3.54. The quantitative estimate of drug-likeness (QED) is 0.494. The molecule has 1 saturated carbocycles. The van der Waals surface area contributed by atoms with Crippen LogP contribution in [0.2, 0.25) is 0 Å². The Bertz CT molecular complexity index is 1180. The summed E-state index contributed by atoms with van der Waals surface area (Å²) in [5.41, 5.74) is -0.146. The number of hydrogen-bond acceptors (Lipinski definition) is 7. The van der Waals surface area contributed by atoms with Gasteiger partial charge in [0.05, 0.1) is 24.6 Å². The van der Waals surface area contributed by atoms with E-state index in [4.69, 9.17) is 4.74 Å². The molecule has 1 fully saturated rings. The fourth-order valence-electron chi connectivity index (χ4n) is 3.54. The molecular formula is C21H17N3O5. The van der Waals surface area contributed by atoms with Gasteiger partial charge in [-0.15, -0.1) is 0 Å². The average Bonchev–Trinajstić information content (AvgIpc) is 2.73. The maximum Gasteiger partial charge on any atom is 0.267 e. The zero-order valence-corrected chi connectivity index (χ0v) is 15.6. The number of ketones is 3. The van der Waals surface area contributed by atoms with Gasteiger partial charge in [0.1, 0.15) is 11.6 Å². The van der Waals surface area contributed by atoms with Crippen LogP contribution in [-0.4, -0.2) is 39.0 Å². The average molecular weight is 391 g/mol. The highest BCUT2D eigenvalue weighted by Crippen LogP contribution is 2.23. The zero-order chi connectivity index (χ0) is 20.5. The molecule has 4 rings (SSSR count). The smallest absolute Gasteiger partial charge is 0.267 e. The molecule has 3 aromatic rings. The molecule has 8 nitrogen and oxygen atoms in total. The van der Waals surface area contributed by atoms with Gasteiger partial charge in [-0.25, -0.2) is 9.97 Å². The maximum atomic E-state index is 13.3. The summed E-state index contributed by atoms with van der Waals surface area (Å²) in [5, 5.41) is 0.530. The van der Waals surface area contributed by atoms with Gasteiger partial charge in [-0.1, -0.05) is 0 Å². The zero-order valence-electron chi connectivity index (χ0n) is 15.6. The van der Waals surface area contributed by atoms with Crippen molar-refractivity contribution in [1.29, 1.82) is 0 Å². The van der Waals surface area contributed by atoms with Gasteiger partial charge in [-0.05, 0) is 30.7 Å². The van der Waals surface area contributed by atoms with Crippen molar-refractivity contribution < 1.29 is 19.1 Å². The topological polar surface area (TPSA) is 108 Å². The number of rotatable bonds is 4. The lowest BCUT2D eigenvalue weighted by atomic mass is 9.82. The Morgan fingerprint density at radius 1 is 1.10 bits per heavy atom. The molecular weight excluding hydrogens is 374 g/mol. The third-order valence-corrected chi connectivity index (χ3v) is 4.97. The van der Waals surface area contributed by atoms with Crippen LogP contribution in [0, 0.1) is 5.92 Å². The molecule has 0 aliphatic heterocycles. The van der Waals surface area contributed by atoms with Gasteiger partial charge in [-0.2, -0.15) is 0 Å². The van der Waals surface area contributed by atoms with E-state index in [0.29, 0.717) is 29.0 Å². The second kappa shape index (κ2) is 7.38. The van der Waals surface area contributed by atoms with Crippen LogP contribution >= 0.6 is 0 Å². The molecule has 3 aromatic heterocycles. The standard InChI is InChI=1S/C21H17N3O5/c1-29-17-8-7-13(11-23-17)24-20-12(4-3-9-22-20)10-14(21(24)28)19(27)18-15(25)5-2-6-16(18)26/h3-4,7-11,18H,2,5-6H2,1H3. The molecule has 0 aromatic carbocycles. The van der Waals surface area contributed by atoms with Crippen molar-refractivity contribution in [3.05, 3.63) is 58.6 Å². The lowest BCUT2D eigenvalue weighted by Gasteiger charge is -2.19. The number of carbonyl (C=O) groups is 3. The molecule has 0 radical (unpaired) electrons. The van der Waals surface area contributed by atoms with Crippen molar-refractivity contribution in [3.63, 3.8) is 0 Å². The lowest BCUT2D eigenvalue weighted by Crippen LogP contribution is -2.38. The third kappa shape index (κ3) is 3.22. The predicted octanol–water partition coefficient (Wildman–Crippen LogP) is 1.91. The van der Waals surface area contributed by atoms with Crippen molar-refractivity contribution in [2.75, 3.05) is 7.11 Å². The minimum Gasteiger partial charge on any atom is -0.481 e. The van der Waals surface area contributed by atoms with Crippen LogP contribution in [-0.2, 0) is 9.59 Å². The summed E-state index contributed by atoms with van der Waals surface area (Å²) < 4.78 is 6.30. The van der Waals surface area contributed by atoms with E-state index in [1.807, 2.05) is 0 Å². The monoisotopic (exact) mass is 391 g/mol. The third-order valence-electron chi connectivity index (χ3n) is 4.97. The molecule has 3 heterocycles. The van der Waals surface area contributed by atoms with E-state index < -0.39 is 28.8 Å². The Kier molecular flexibility index (Phi) is 4.75. The first-order valence-electron chi connectivity index (χ1n) is 9.12. The largest absolute Gasteiger partial charge is 0.481 e. The normalized spacial score (nSPS) is 14.9. The summed E-state index contributed by atoms with van der Waals surface area (Å²) in [6, 6.07) is 7.98. The van der Waals surface area contributed by atoms with Crippen LogP contribution < -0.4 is 10.3 Å². The summed E-state index contributed by atoms with van der Waals surface area (Å²) >= 11 is 0. The van der Waals surface area contributed by atoms with Gasteiger partial charge < -0.3 is 4.74 Å². The molecule has 8 heteroatoms. The number of Topliss-reactive ketones (excluding diaryl/α,β-unsaturated/α-hetero) is 3. The summed E-state index contributed by atoms with van der Waals surface area (Å²) in [4.78, 5) is 59.1. The van der Waals surface area contributed by atoms with Gasteiger partial charge in [0.2, 0.25) is 5.88 Å². The van der Waals surface area contributed by atoms with E-state index in [0.717, 1.165) is 0 Å². The Morgan fingerprint density at radius 2 is 1.86 bits per heavy atom. The minimum absolute atomic E-state index is 0.161. The number of nitrogens with zero attached hydrogens (tertiary/aromatic N) is 3. The summed E-state index contributed by atoms with van der Waals surface area (Å²) in [6.45, 7) is 0. The van der Waals surface area contributed by atoms with Gasteiger partial charge in [0.25, 0.3) is 5.56 Å². The Hall–Kier alpha value is -3.68. The van der Waals surface area contributed by atoms with Crippen LogP contribution in [0.4, 0.5) is 0 Å². The Labute approximate surface area is 165 Å². The first-order chi connectivity index (χ1) is 14.0. The number of hydrogen-bond donors (Lipinski definition) is 0. The minimum atomic E-state index is -1.41. The number of pyridine rings is 3. The number of methoxy groups -OCH3 is 1. The molecule has 0 spiro atoms. The Morgan fingerprint density at radius 3 is 2.52 bits per heavy atom. The second-order valence-corrected chi connectivity index (χ2v) is 6.76. The highest BCUT2D eigenvalue weighted by molar-refractivity contribution is 6.25. The van der Waals surface area contributed by atoms with E-state index in [9.17, 15) is 19.2 Å². The second-order valence-electron chi connectivity index (χ2n) is 6.76. The van der Waals surface area contributed by atoms with E-state index in [1.165, 1.54) is 30.1 Å². The van der Waals surface area contributed by atoms with Crippen molar-refractivity contribution in [2.24, 2.45) is 5.92 Å². The fraction of sp³-hybridized carbons (Fsp3) is 0.238. The van der Waals surface area contributed by atoms with E-state index >= 15 is 0 Å². The first kappa shape index (κ1) is 18.7. The number of fused-ring (bicyclic) bond motifs is 1. The molecule has 1 aliphatic carbocycles.